The number of thiophene rings is 1. The van der Waals surface area contributed by atoms with E-state index < -0.39 is 5.82 Å². The van der Waals surface area contributed by atoms with Crippen molar-refractivity contribution in [1.29, 1.82) is 0 Å². The molecule has 0 saturated carbocycles. The fourth-order valence-electron chi connectivity index (χ4n) is 2.61. The minimum Gasteiger partial charge on any atom is -0.497 e. The molecule has 2 aromatic carbocycles. The molecular formula is C19H14FN3O2S. The van der Waals surface area contributed by atoms with E-state index in [0.717, 1.165) is 27.1 Å². The largest absolute Gasteiger partial charge is 0.497 e. The Bertz CT molecular complexity index is 1080. The van der Waals surface area contributed by atoms with Crippen LogP contribution in [0.2, 0.25) is 0 Å². The van der Waals surface area contributed by atoms with Crippen LogP contribution in [0.1, 0.15) is 0 Å². The van der Waals surface area contributed by atoms with E-state index in [1.54, 1.807) is 13.2 Å². The molecule has 7 heteroatoms. The maximum atomic E-state index is 14.1. The second kappa shape index (κ2) is 6.61. The van der Waals surface area contributed by atoms with Gasteiger partial charge in [0.25, 0.3) is 0 Å². The molecule has 0 aliphatic heterocycles. The molecule has 26 heavy (non-hydrogen) atoms. The molecule has 0 saturated heterocycles. The Morgan fingerprint density at radius 3 is 2.62 bits per heavy atom. The molecule has 0 fully saturated rings. The number of benzene rings is 2. The molecule has 2 aromatic heterocycles. The third-order valence-corrected chi connectivity index (χ3v) is 4.79. The predicted octanol–water partition coefficient (Wildman–Crippen LogP) is 4.88. The lowest BCUT2D eigenvalue weighted by Crippen LogP contribution is -1.94. The van der Waals surface area contributed by atoms with Crippen molar-refractivity contribution in [2.45, 2.75) is 0 Å². The standard InChI is InChI=1S/C19H14FN3O2S/c1-24-13-5-2-11(3-6-13)14-9-26-19-17(14)18(22-10-23-19)25-16-7-4-12(21)8-15(16)20/h2-10H,21H2,1H3. The maximum absolute atomic E-state index is 14.1. The number of ether oxygens (including phenoxy) is 2. The van der Waals surface area contributed by atoms with Gasteiger partial charge in [-0.25, -0.2) is 14.4 Å². The highest BCUT2D eigenvalue weighted by Gasteiger charge is 2.16. The van der Waals surface area contributed by atoms with Gasteiger partial charge < -0.3 is 15.2 Å². The molecule has 0 radical (unpaired) electrons. The summed E-state index contributed by atoms with van der Waals surface area (Å²) < 4.78 is 25.1. The smallest absolute Gasteiger partial charge is 0.231 e. The van der Waals surface area contributed by atoms with Crippen molar-refractivity contribution < 1.29 is 13.9 Å². The lowest BCUT2D eigenvalue weighted by molar-refractivity contribution is 0.415. The Morgan fingerprint density at radius 2 is 1.88 bits per heavy atom. The lowest BCUT2D eigenvalue weighted by atomic mass is 10.1. The molecule has 0 atom stereocenters. The van der Waals surface area contributed by atoms with Crippen LogP contribution in [0.5, 0.6) is 17.4 Å². The first kappa shape index (κ1) is 16.3. The van der Waals surface area contributed by atoms with Gasteiger partial charge >= 0.3 is 0 Å². The summed E-state index contributed by atoms with van der Waals surface area (Å²) in [5.74, 6) is 0.583. The quantitative estimate of drug-likeness (QED) is 0.521. The van der Waals surface area contributed by atoms with Crippen molar-refractivity contribution in [3.63, 3.8) is 0 Å². The Labute approximate surface area is 152 Å². The van der Waals surface area contributed by atoms with E-state index in [1.165, 1.54) is 29.8 Å². The molecule has 0 aliphatic carbocycles. The molecule has 0 aliphatic rings. The summed E-state index contributed by atoms with van der Waals surface area (Å²) in [6.07, 6.45) is 1.40. The molecule has 0 unspecified atom stereocenters. The number of nitrogens with zero attached hydrogens (tertiary/aromatic N) is 2. The Hall–Kier alpha value is -3.19. The Morgan fingerprint density at radius 1 is 1.08 bits per heavy atom. The van der Waals surface area contributed by atoms with Crippen LogP contribution in [0.3, 0.4) is 0 Å². The Balaban J connectivity index is 1.81. The van der Waals surface area contributed by atoms with Gasteiger partial charge in [0.2, 0.25) is 5.88 Å². The summed E-state index contributed by atoms with van der Waals surface area (Å²) in [4.78, 5) is 9.26. The van der Waals surface area contributed by atoms with Crippen LogP contribution in [-0.4, -0.2) is 17.1 Å². The highest BCUT2D eigenvalue weighted by atomic mass is 32.1. The fourth-order valence-corrected chi connectivity index (χ4v) is 3.52. The normalized spacial score (nSPS) is 10.8. The first-order valence-corrected chi connectivity index (χ1v) is 8.63. The number of hydrogen-bond acceptors (Lipinski definition) is 6. The first-order chi connectivity index (χ1) is 12.7. The van der Waals surface area contributed by atoms with Gasteiger partial charge in [-0.15, -0.1) is 11.3 Å². The SMILES string of the molecule is COc1ccc(-c2csc3ncnc(Oc4ccc(N)cc4F)c23)cc1. The summed E-state index contributed by atoms with van der Waals surface area (Å²) in [6, 6.07) is 11.9. The molecule has 4 aromatic rings. The molecule has 0 amide bonds. The minimum atomic E-state index is -0.544. The minimum absolute atomic E-state index is 0.0612. The van der Waals surface area contributed by atoms with Crippen molar-refractivity contribution in [2.24, 2.45) is 0 Å². The van der Waals surface area contributed by atoms with Gasteiger partial charge in [-0.3, -0.25) is 0 Å². The summed E-state index contributed by atoms with van der Waals surface area (Å²) in [5.41, 5.74) is 7.80. The number of methoxy groups -OCH3 is 1. The summed E-state index contributed by atoms with van der Waals surface area (Å²) in [7, 11) is 1.62. The van der Waals surface area contributed by atoms with Gasteiger partial charge in [0, 0.05) is 22.7 Å². The average Bonchev–Trinajstić information content (AvgIpc) is 3.09. The zero-order valence-corrected chi connectivity index (χ0v) is 14.6. The topological polar surface area (TPSA) is 70.3 Å². The van der Waals surface area contributed by atoms with Crippen LogP contribution in [0.15, 0.2) is 54.2 Å². The van der Waals surface area contributed by atoms with Gasteiger partial charge in [-0.2, -0.15) is 0 Å². The number of fused-ring (bicyclic) bond motifs is 1. The molecule has 0 bridgehead atoms. The number of rotatable bonds is 4. The van der Waals surface area contributed by atoms with Gasteiger partial charge in [-0.05, 0) is 29.8 Å². The molecule has 130 valence electrons. The van der Waals surface area contributed by atoms with E-state index in [2.05, 4.69) is 9.97 Å². The van der Waals surface area contributed by atoms with Crippen molar-refractivity contribution in [1.82, 2.24) is 9.97 Å². The van der Waals surface area contributed by atoms with E-state index >= 15 is 0 Å². The highest BCUT2D eigenvalue weighted by molar-refractivity contribution is 7.17. The molecule has 2 heterocycles. The van der Waals surface area contributed by atoms with Crippen LogP contribution in [-0.2, 0) is 0 Å². The van der Waals surface area contributed by atoms with Crippen molar-refractivity contribution in [3.05, 3.63) is 60.0 Å². The van der Waals surface area contributed by atoms with E-state index in [1.807, 2.05) is 29.6 Å². The molecule has 4 rings (SSSR count). The second-order valence-electron chi connectivity index (χ2n) is 5.53. The molecule has 0 spiro atoms. The van der Waals surface area contributed by atoms with Gasteiger partial charge in [0.15, 0.2) is 11.6 Å². The van der Waals surface area contributed by atoms with E-state index in [4.69, 9.17) is 15.2 Å². The monoisotopic (exact) mass is 367 g/mol. The van der Waals surface area contributed by atoms with Crippen molar-refractivity contribution in [3.8, 4) is 28.5 Å². The van der Waals surface area contributed by atoms with Gasteiger partial charge in [0.1, 0.15) is 16.9 Å². The van der Waals surface area contributed by atoms with Crippen molar-refractivity contribution >= 4 is 27.2 Å². The molecule has 5 nitrogen and oxygen atoms in total. The Kier molecular flexibility index (Phi) is 4.14. The first-order valence-electron chi connectivity index (χ1n) is 7.75. The fraction of sp³-hybridized carbons (Fsp3) is 0.0526. The number of halogens is 1. The number of aromatic nitrogens is 2. The summed E-state index contributed by atoms with van der Waals surface area (Å²) in [6.45, 7) is 0. The van der Waals surface area contributed by atoms with Gasteiger partial charge in [0.05, 0.1) is 12.5 Å². The second-order valence-corrected chi connectivity index (χ2v) is 6.39. The van der Waals surface area contributed by atoms with Crippen LogP contribution >= 0.6 is 11.3 Å². The number of anilines is 1. The molecular weight excluding hydrogens is 353 g/mol. The number of hydrogen-bond donors (Lipinski definition) is 1. The van der Waals surface area contributed by atoms with E-state index in [-0.39, 0.29) is 5.75 Å². The average molecular weight is 367 g/mol. The number of nitrogen functional groups attached to an aromatic ring is 1. The third kappa shape index (κ3) is 2.93. The lowest BCUT2D eigenvalue weighted by Gasteiger charge is -2.09. The maximum Gasteiger partial charge on any atom is 0.231 e. The molecule has 2 N–H and O–H groups in total. The zero-order valence-electron chi connectivity index (χ0n) is 13.8. The third-order valence-electron chi connectivity index (χ3n) is 3.90. The van der Waals surface area contributed by atoms with Crippen LogP contribution in [0.25, 0.3) is 21.3 Å². The summed E-state index contributed by atoms with van der Waals surface area (Å²) in [5, 5.41) is 2.71. The van der Waals surface area contributed by atoms with Crippen molar-refractivity contribution in [2.75, 3.05) is 12.8 Å². The van der Waals surface area contributed by atoms with Crippen LogP contribution in [0.4, 0.5) is 10.1 Å². The predicted molar refractivity (Wildman–Crippen MR) is 100 cm³/mol. The van der Waals surface area contributed by atoms with Crippen LogP contribution < -0.4 is 15.2 Å². The van der Waals surface area contributed by atoms with Crippen LogP contribution in [0, 0.1) is 5.82 Å². The summed E-state index contributed by atoms with van der Waals surface area (Å²) >= 11 is 1.47. The highest BCUT2D eigenvalue weighted by Crippen LogP contribution is 2.39. The van der Waals surface area contributed by atoms with E-state index in [0.29, 0.717) is 11.6 Å². The zero-order chi connectivity index (χ0) is 18.1. The van der Waals surface area contributed by atoms with Gasteiger partial charge in [-0.1, -0.05) is 12.1 Å². The van der Waals surface area contributed by atoms with E-state index in [9.17, 15) is 4.39 Å². The number of nitrogens with two attached hydrogens (primary N) is 1.